The fraction of sp³-hybridized carbons (Fsp3) is 0.286. The van der Waals surface area contributed by atoms with Crippen LogP contribution in [0.4, 0.5) is 9.18 Å². The molecule has 3 aromatic rings. The highest BCUT2D eigenvalue weighted by Crippen LogP contribution is 2.27. The number of amides is 1. The van der Waals surface area contributed by atoms with Gasteiger partial charge >= 0.3 is 6.09 Å². The van der Waals surface area contributed by atoms with Crippen LogP contribution in [0.5, 0.6) is 0 Å². The van der Waals surface area contributed by atoms with Crippen molar-refractivity contribution in [2.45, 2.75) is 32.9 Å². The average molecular weight is 382 g/mol. The Labute approximate surface area is 163 Å². The highest BCUT2D eigenvalue weighted by Gasteiger charge is 2.17. The van der Waals surface area contributed by atoms with Gasteiger partial charge in [0.05, 0.1) is 11.4 Å². The zero-order valence-electron chi connectivity index (χ0n) is 16.4. The van der Waals surface area contributed by atoms with E-state index in [4.69, 9.17) is 4.74 Å². The molecule has 0 unspecified atom stereocenters. The summed E-state index contributed by atoms with van der Waals surface area (Å²) in [6, 6.07) is 9.93. The van der Waals surface area contributed by atoms with E-state index in [1.54, 1.807) is 23.0 Å². The summed E-state index contributed by atoms with van der Waals surface area (Å²) in [7, 11) is 1.84. The quantitative estimate of drug-likeness (QED) is 0.730. The Hall–Kier alpha value is -3.22. The Bertz CT molecular complexity index is 975. The van der Waals surface area contributed by atoms with E-state index in [0.717, 1.165) is 22.4 Å². The number of alkyl carbamates (subject to hydrolysis) is 1. The number of rotatable bonds is 4. The fourth-order valence-electron chi connectivity index (χ4n) is 2.68. The molecule has 0 bridgehead atoms. The Morgan fingerprint density at radius 2 is 1.89 bits per heavy atom. The molecule has 2 heterocycles. The topological polar surface area (TPSA) is 69.0 Å². The van der Waals surface area contributed by atoms with Crippen molar-refractivity contribution in [3.63, 3.8) is 0 Å². The van der Waals surface area contributed by atoms with Crippen molar-refractivity contribution in [3.05, 3.63) is 60.2 Å². The molecule has 0 aliphatic heterocycles. The lowest BCUT2D eigenvalue weighted by Gasteiger charge is -2.20. The second-order valence-corrected chi connectivity index (χ2v) is 7.46. The number of ether oxygens (including phenoxy) is 1. The first-order valence-electron chi connectivity index (χ1n) is 8.93. The molecular formula is C21H23FN4O2. The second-order valence-electron chi connectivity index (χ2n) is 7.46. The van der Waals surface area contributed by atoms with Crippen molar-refractivity contribution < 1.29 is 13.9 Å². The van der Waals surface area contributed by atoms with Gasteiger partial charge in [-0.05, 0) is 62.7 Å². The molecule has 6 nitrogen and oxygen atoms in total. The van der Waals surface area contributed by atoms with Gasteiger partial charge < -0.3 is 10.1 Å². The summed E-state index contributed by atoms with van der Waals surface area (Å²) in [4.78, 5) is 16.5. The number of aryl methyl sites for hydroxylation is 1. The molecule has 146 valence electrons. The number of carbonyl (C=O) groups is 1. The molecule has 7 heteroatoms. The lowest BCUT2D eigenvalue weighted by atomic mass is 10.0. The predicted octanol–water partition coefficient (Wildman–Crippen LogP) is 4.31. The minimum Gasteiger partial charge on any atom is -0.444 e. The number of pyridine rings is 1. The van der Waals surface area contributed by atoms with Crippen molar-refractivity contribution in [1.82, 2.24) is 20.1 Å². The molecule has 0 aliphatic carbocycles. The molecular weight excluding hydrogens is 359 g/mol. The number of nitrogens with zero attached hydrogens (tertiary/aromatic N) is 3. The lowest BCUT2D eigenvalue weighted by Crippen LogP contribution is -2.32. The Balaban J connectivity index is 1.91. The van der Waals surface area contributed by atoms with E-state index in [-0.39, 0.29) is 12.4 Å². The summed E-state index contributed by atoms with van der Waals surface area (Å²) in [6.07, 6.45) is 3.04. The van der Waals surface area contributed by atoms with Crippen LogP contribution in [0.15, 0.2) is 48.8 Å². The van der Waals surface area contributed by atoms with Gasteiger partial charge in [0.15, 0.2) is 0 Å². The third-order valence-electron chi connectivity index (χ3n) is 3.94. The molecule has 0 spiro atoms. The van der Waals surface area contributed by atoms with E-state index < -0.39 is 11.7 Å². The monoisotopic (exact) mass is 382 g/mol. The number of aromatic nitrogens is 3. The van der Waals surface area contributed by atoms with E-state index in [1.165, 1.54) is 12.1 Å². The summed E-state index contributed by atoms with van der Waals surface area (Å²) in [6.45, 7) is 5.68. The van der Waals surface area contributed by atoms with Crippen molar-refractivity contribution in [2.75, 3.05) is 0 Å². The summed E-state index contributed by atoms with van der Waals surface area (Å²) in [5.41, 5.74) is 3.32. The molecule has 0 radical (unpaired) electrons. The molecule has 0 saturated carbocycles. The molecule has 0 saturated heterocycles. The second kappa shape index (κ2) is 7.80. The molecule has 0 atom stereocenters. The van der Waals surface area contributed by atoms with Crippen LogP contribution in [0.1, 0.15) is 26.3 Å². The van der Waals surface area contributed by atoms with Gasteiger partial charge in [-0.15, -0.1) is 0 Å². The Kier molecular flexibility index (Phi) is 5.44. The number of hydrogen-bond donors (Lipinski definition) is 1. The summed E-state index contributed by atoms with van der Waals surface area (Å²) < 4.78 is 20.2. The van der Waals surface area contributed by atoms with Crippen LogP contribution >= 0.6 is 0 Å². The van der Waals surface area contributed by atoms with E-state index in [2.05, 4.69) is 15.4 Å². The molecule has 28 heavy (non-hydrogen) atoms. The van der Waals surface area contributed by atoms with Gasteiger partial charge in [0, 0.05) is 37.1 Å². The standard InChI is InChI=1S/C21H23FN4O2/c1-21(2,3)28-20(27)24-13-15-12-23-19(14-5-7-16(22)8-6-14)11-17(15)18-9-10-26(4)25-18/h5-12H,13H2,1-4H3,(H,24,27). The Morgan fingerprint density at radius 1 is 1.18 bits per heavy atom. The van der Waals surface area contributed by atoms with Crippen LogP contribution < -0.4 is 5.32 Å². The predicted molar refractivity (Wildman–Crippen MR) is 105 cm³/mol. The number of benzene rings is 1. The van der Waals surface area contributed by atoms with Crippen LogP contribution in [0.25, 0.3) is 22.5 Å². The molecule has 0 aliphatic rings. The third kappa shape index (κ3) is 4.94. The van der Waals surface area contributed by atoms with Gasteiger partial charge in [0.25, 0.3) is 0 Å². The van der Waals surface area contributed by atoms with Gasteiger partial charge in [-0.3, -0.25) is 9.67 Å². The van der Waals surface area contributed by atoms with E-state index in [9.17, 15) is 9.18 Å². The molecule has 1 N–H and O–H groups in total. The molecule has 1 amide bonds. The fourth-order valence-corrected chi connectivity index (χ4v) is 2.68. The first kappa shape index (κ1) is 19.5. The van der Waals surface area contributed by atoms with Crippen LogP contribution in [0.3, 0.4) is 0 Å². The van der Waals surface area contributed by atoms with Gasteiger partial charge in [0.2, 0.25) is 0 Å². The number of hydrogen-bond acceptors (Lipinski definition) is 4. The van der Waals surface area contributed by atoms with Gasteiger partial charge in [-0.2, -0.15) is 5.10 Å². The highest BCUT2D eigenvalue weighted by molar-refractivity contribution is 5.72. The minimum absolute atomic E-state index is 0.248. The average Bonchev–Trinajstić information content (AvgIpc) is 3.05. The van der Waals surface area contributed by atoms with Crippen LogP contribution in [-0.4, -0.2) is 26.5 Å². The summed E-state index contributed by atoms with van der Waals surface area (Å²) in [5, 5.41) is 7.22. The number of nitrogens with one attached hydrogen (secondary N) is 1. The molecule has 3 rings (SSSR count). The van der Waals surface area contributed by atoms with Gasteiger partial charge in [0.1, 0.15) is 11.4 Å². The van der Waals surface area contributed by atoms with E-state index >= 15 is 0 Å². The number of halogens is 1. The molecule has 1 aromatic carbocycles. The first-order valence-corrected chi connectivity index (χ1v) is 8.93. The van der Waals surface area contributed by atoms with E-state index in [0.29, 0.717) is 5.69 Å². The normalized spacial score (nSPS) is 11.3. The maximum absolute atomic E-state index is 13.2. The zero-order chi connectivity index (χ0) is 20.3. The molecule has 0 fully saturated rings. The maximum Gasteiger partial charge on any atom is 0.407 e. The van der Waals surface area contributed by atoms with Crippen molar-refractivity contribution in [1.29, 1.82) is 0 Å². The van der Waals surface area contributed by atoms with E-state index in [1.807, 2.05) is 46.1 Å². The Morgan fingerprint density at radius 3 is 2.50 bits per heavy atom. The lowest BCUT2D eigenvalue weighted by molar-refractivity contribution is 0.0523. The SMILES string of the molecule is Cn1ccc(-c2cc(-c3ccc(F)cc3)ncc2CNC(=O)OC(C)(C)C)n1. The van der Waals surface area contributed by atoms with Crippen molar-refractivity contribution >= 4 is 6.09 Å². The third-order valence-corrected chi connectivity index (χ3v) is 3.94. The van der Waals surface area contributed by atoms with Gasteiger partial charge in [-0.1, -0.05) is 0 Å². The molecule has 2 aromatic heterocycles. The van der Waals surface area contributed by atoms with Crippen molar-refractivity contribution in [3.8, 4) is 22.5 Å². The summed E-state index contributed by atoms with van der Waals surface area (Å²) >= 11 is 0. The van der Waals surface area contributed by atoms with Gasteiger partial charge in [-0.25, -0.2) is 9.18 Å². The first-order chi connectivity index (χ1) is 13.2. The summed E-state index contributed by atoms with van der Waals surface area (Å²) in [5.74, 6) is -0.299. The zero-order valence-corrected chi connectivity index (χ0v) is 16.4. The van der Waals surface area contributed by atoms with Crippen molar-refractivity contribution in [2.24, 2.45) is 7.05 Å². The smallest absolute Gasteiger partial charge is 0.407 e. The van der Waals surface area contributed by atoms with Crippen LogP contribution in [0, 0.1) is 5.82 Å². The minimum atomic E-state index is -0.571. The van der Waals surface area contributed by atoms with Crippen LogP contribution in [-0.2, 0) is 18.3 Å². The maximum atomic E-state index is 13.2. The number of carbonyl (C=O) groups excluding carboxylic acids is 1. The highest BCUT2D eigenvalue weighted by atomic mass is 19.1. The largest absolute Gasteiger partial charge is 0.444 e. The van der Waals surface area contributed by atoms with Crippen LogP contribution in [0.2, 0.25) is 0 Å².